The van der Waals surface area contributed by atoms with Crippen molar-refractivity contribution in [3.05, 3.63) is 73.2 Å². The third-order valence-electron chi connectivity index (χ3n) is 4.92. The predicted octanol–water partition coefficient (Wildman–Crippen LogP) is 7.85. The number of hydrogen-bond donors (Lipinski definition) is 2. The summed E-state index contributed by atoms with van der Waals surface area (Å²) in [6, 6.07) is 4.04. The Hall–Kier alpha value is -2.14. The molecule has 2 N–H and O–H groups in total. The molecule has 0 fully saturated rings. The van der Waals surface area contributed by atoms with E-state index in [-0.39, 0.29) is 36.8 Å². The van der Waals surface area contributed by atoms with Crippen LogP contribution in [0, 0.1) is 0 Å². The third kappa shape index (κ3) is 8.70. The number of benzene rings is 2. The van der Waals surface area contributed by atoms with E-state index in [0.29, 0.717) is 13.0 Å². The van der Waals surface area contributed by atoms with Crippen molar-refractivity contribution in [1.29, 1.82) is 0 Å². The summed E-state index contributed by atoms with van der Waals surface area (Å²) in [4.78, 5) is 24.2. The zero-order chi connectivity index (χ0) is 28.3. The average Bonchev–Trinajstić information content (AvgIpc) is 2.77. The first-order valence-electron chi connectivity index (χ1n) is 10.3. The van der Waals surface area contributed by atoms with E-state index in [2.05, 4.69) is 5.32 Å². The Morgan fingerprint density at radius 1 is 0.973 bits per heavy atom. The normalized spacial score (nSPS) is 14.2. The summed E-state index contributed by atoms with van der Waals surface area (Å²) < 4.78 is 80.5. The van der Waals surface area contributed by atoms with Gasteiger partial charge in [0.05, 0.1) is 31.6 Å². The first kappa shape index (κ1) is 31.1. The topological polar surface area (TPSA) is 58.2 Å². The smallest absolute Gasteiger partial charge is 0.345 e. The Balaban J connectivity index is 2.27. The van der Waals surface area contributed by atoms with Crippen LogP contribution in [0.2, 0.25) is 20.1 Å². The molecular formula is C23H18Cl4F6N2O2. The molecule has 0 aliphatic heterocycles. The Labute approximate surface area is 227 Å². The van der Waals surface area contributed by atoms with Gasteiger partial charge in [-0.2, -0.15) is 13.2 Å². The van der Waals surface area contributed by atoms with Crippen molar-refractivity contribution >= 4 is 64.0 Å². The van der Waals surface area contributed by atoms with Gasteiger partial charge in [-0.05, 0) is 42.8 Å². The molecule has 0 aliphatic carbocycles. The van der Waals surface area contributed by atoms with Crippen molar-refractivity contribution in [1.82, 2.24) is 10.6 Å². The first-order chi connectivity index (χ1) is 16.9. The van der Waals surface area contributed by atoms with Gasteiger partial charge in [-0.1, -0.05) is 52.5 Å². The summed E-state index contributed by atoms with van der Waals surface area (Å²) in [7, 11) is 0. The van der Waals surface area contributed by atoms with Gasteiger partial charge in [0.25, 0.3) is 11.8 Å². The van der Waals surface area contributed by atoms with E-state index in [1.54, 1.807) is 5.32 Å². The minimum atomic E-state index is -4.64. The number of rotatable bonds is 8. The quantitative estimate of drug-likeness (QED) is 0.237. The van der Waals surface area contributed by atoms with E-state index in [9.17, 15) is 31.5 Å². The number of amides is 2. The monoisotopic (exact) mass is 608 g/mol. The molecule has 0 spiro atoms. The molecule has 2 aromatic rings. The number of carbonyl (C=O) groups excluding carboxylic acids is 2. The molecule has 202 valence electrons. The van der Waals surface area contributed by atoms with E-state index in [1.165, 1.54) is 0 Å². The second-order valence-electron chi connectivity index (χ2n) is 7.97. The van der Waals surface area contributed by atoms with Crippen LogP contribution in [0.3, 0.4) is 0 Å². The number of nitrogens with one attached hydrogen (secondary N) is 2. The van der Waals surface area contributed by atoms with E-state index in [4.69, 9.17) is 46.4 Å². The van der Waals surface area contributed by atoms with Crippen LogP contribution in [0.5, 0.6) is 0 Å². The van der Waals surface area contributed by atoms with Gasteiger partial charge in [-0.3, -0.25) is 9.59 Å². The maximum atomic E-state index is 15.0. The van der Waals surface area contributed by atoms with Crippen LogP contribution in [0.15, 0.2) is 36.4 Å². The molecule has 0 saturated carbocycles. The highest BCUT2D eigenvalue weighted by Gasteiger charge is 2.35. The maximum absolute atomic E-state index is 15.0. The van der Waals surface area contributed by atoms with Crippen LogP contribution in [-0.2, 0) is 4.79 Å². The summed E-state index contributed by atoms with van der Waals surface area (Å²) in [5.74, 6) is -8.40. The van der Waals surface area contributed by atoms with Crippen molar-refractivity contribution in [3.63, 3.8) is 0 Å². The number of allylic oxidation sites excluding steroid dienone is 1. The summed E-state index contributed by atoms with van der Waals surface area (Å²) in [5, 5.41) is 3.21. The largest absolute Gasteiger partial charge is 0.405 e. The molecular weight excluding hydrogens is 592 g/mol. The van der Waals surface area contributed by atoms with Gasteiger partial charge in [0.2, 0.25) is 5.91 Å². The van der Waals surface area contributed by atoms with Crippen LogP contribution >= 0.6 is 46.4 Å². The Kier molecular flexibility index (Phi) is 10.2. The second kappa shape index (κ2) is 12.1. The Morgan fingerprint density at radius 3 is 2.03 bits per heavy atom. The summed E-state index contributed by atoms with van der Waals surface area (Å²) >= 11 is 23.8. The number of carbonyl (C=O) groups is 2. The SMILES string of the molecule is C[C@@H](NC(=O)c1ccc(/C(F)=C/C(c2cc(Cl)c(Cl)c(Cl)c2)C(C)(F)F)cc1Cl)C(=O)NCC(F)(F)F. The summed E-state index contributed by atoms with van der Waals surface area (Å²) in [5.41, 5.74) is -0.595. The molecule has 1 unspecified atom stereocenters. The van der Waals surface area contributed by atoms with Crippen LogP contribution in [0.1, 0.15) is 41.3 Å². The lowest BCUT2D eigenvalue weighted by atomic mass is 9.92. The van der Waals surface area contributed by atoms with Gasteiger partial charge >= 0.3 is 6.18 Å². The van der Waals surface area contributed by atoms with Crippen LogP contribution in [-0.4, -0.2) is 36.5 Å². The van der Waals surface area contributed by atoms with Gasteiger partial charge in [0, 0.05) is 12.5 Å². The molecule has 0 bridgehead atoms. The number of alkyl halides is 5. The highest BCUT2D eigenvalue weighted by atomic mass is 35.5. The standard InChI is InChI=1S/C23H18Cl4F6N2O2/c1-10(20(36)34-9-23(31,32)33)35-21(37)13-4-3-11(5-15(13)24)18(28)8-14(22(2,29)30)12-6-16(25)19(27)17(26)7-12/h3-8,10,14H,9H2,1-2H3,(H,34,36)(H,35,37)/b18-8-/t10-,14?/m1/s1. The lowest BCUT2D eigenvalue weighted by Crippen LogP contribution is -2.47. The fourth-order valence-corrected chi connectivity index (χ4v) is 3.94. The Bertz CT molecular complexity index is 1190. The highest BCUT2D eigenvalue weighted by molar-refractivity contribution is 6.48. The molecule has 0 heterocycles. The van der Waals surface area contributed by atoms with Gasteiger partial charge < -0.3 is 10.6 Å². The van der Waals surface area contributed by atoms with Gasteiger partial charge in [0.1, 0.15) is 18.4 Å². The van der Waals surface area contributed by atoms with Crippen molar-refractivity contribution in [2.45, 2.75) is 37.9 Å². The summed E-state index contributed by atoms with van der Waals surface area (Å²) in [6.45, 7) is 0.137. The molecule has 0 radical (unpaired) electrons. The highest BCUT2D eigenvalue weighted by Crippen LogP contribution is 2.41. The zero-order valence-corrected chi connectivity index (χ0v) is 21.9. The average molecular weight is 610 g/mol. The summed E-state index contributed by atoms with van der Waals surface area (Å²) in [6.07, 6.45) is -4.00. The third-order valence-corrected chi connectivity index (χ3v) is 6.43. The van der Waals surface area contributed by atoms with Crippen molar-refractivity contribution in [2.24, 2.45) is 0 Å². The fourth-order valence-electron chi connectivity index (χ4n) is 3.06. The van der Waals surface area contributed by atoms with Gasteiger partial charge in [-0.15, -0.1) is 0 Å². The number of halogens is 10. The van der Waals surface area contributed by atoms with Gasteiger partial charge in [0.15, 0.2) is 0 Å². The first-order valence-corrected chi connectivity index (χ1v) is 11.8. The molecule has 0 aliphatic rings. The van der Waals surface area contributed by atoms with Crippen molar-refractivity contribution < 1.29 is 35.9 Å². The lowest BCUT2D eigenvalue weighted by Gasteiger charge is -2.22. The van der Waals surface area contributed by atoms with Crippen LogP contribution < -0.4 is 10.6 Å². The molecule has 2 atom stereocenters. The minimum absolute atomic E-state index is 0.0532. The second-order valence-corrected chi connectivity index (χ2v) is 9.57. The molecule has 37 heavy (non-hydrogen) atoms. The maximum Gasteiger partial charge on any atom is 0.405 e. The van der Waals surface area contributed by atoms with Crippen molar-refractivity contribution in [3.8, 4) is 0 Å². The van der Waals surface area contributed by atoms with E-state index >= 15 is 4.39 Å². The van der Waals surface area contributed by atoms with Gasteiger partial charge in [-0.25, -0.2) is 13.2 Å². The van der Waals surface area contributed by atoms with E-state index < -0.39 is 48.2 Å². The lowest BCUT2D eigenvalue weighted by molar-refractivity contribution is -0.139. The molecule has 4 nitrogen and oxygen atoms in total. The van der Waals surface area contributed by atoms with E-state index in [0.717, 1.165) is 37.3 Å². The fraction of sp³-hybridized carbons (Fsp3) is 0.304. The van der Waals surface area contributed by atoms with E-state index in [1.807, 2.05) is 0 Å². The molecule has 0 aromatic heterocycles. The molecule has 14 heteroatoms. The van der Waals surface area contributed by atoms with Crippen LogP contribution in [0.4, 0.5) is 26.3 Å². The zero-order valence-electron chi connectivity index (χ0n) is 18.9. The molecule has 2 amide bonds. The molecule has 0 saturated heterocycles. The van der Waals surface area contributed by atoms with Crippen LogP contribution in [0.25, 0.3) is 5.83 Å². The number of hydrogen-bond acceptors (Lipinski definition) is 2. The Morgan fingerprint density at radius 2 is 1.54 bits per heavy atom. The molecule has 2 aromatic carbocycles. The molecule has 2 rings (SSSR count). The minimum Gasteiger partial charge on any atom is -0.345 e. The van der Waals surface area contributed by atoms with Crippen molar-refractivity contribution in [2.75, 3.05) is 6.54 Å². The predicted molar refractivity (Wildman–Crippen MR) is 131 cm³/mol.